The zero-order valence-electron chi connectivity index (χ0n) is 10.1. The van der Waals surface area contributed by atoms with Crippen molar-refractivity contribution in [3.8, 4) is 0 Å². The Morgan fingerprint density at radius 1 is 1.31 bits per heavy atom. The van der Waals surface area contributed by atoms with Gasteiger partial charge in [-0.05, 0) is 42.9 Å². The average Bonchev–Trinajstić information content (AvgIpc) is 2.63. The third-order valence-electron chi connectivity index (χ3n) is 3.20. The Labute approximate surface area is 97.3 Å². The highest BCUT2D eigenvalue weighted by molar-refractivity contribution is 5.35. The normalized spacial score (nSPS) is 18.2. The summed E-state index contributed by atoms with van der Waals surface area (Å²) in [7, 11) is 1.62. The largest absolute Gasteiger partial charge is 0.387 e. The van der Waals surface area contributed by atoms with E-state index >= 15 is 0 Å². The van der Waals surface area contributed by atoms with E-state index in [1.807, 2.05) is 6.92 Å². The molecule has 0 heterocycles. The number of benzene rings is 1. The SMILES string of the molecule is COCC(C)(O)Cc1ccc2c(c1)CCC2. The van der Waals surface area contributed by atoms with E-state index in [0.717, 1.165) is 0 Å². The van der Waals surface area contributed by atoms with Gasteiger partial charge in [0.15, 0.2) is 0 Å². The van der Waals surface area contributed by atoms with Gasteiger partial charge < -0.3 is 9.84 Å². The molecule has 1 aromatic rings. The summed E-state index contributed by atoms with van der Waals surface area (Å²) in [5.41, 5.74) is 3.39. The maximum atomic E-state index is 10.1. The van der Waals surface area contributed by atoms with Crippen LogP contribution in [-0.4, -0.2) is 24.4 Å². The molecule has 1 N–H and O–H groups in total. The standard InChI is InChI=1S/C14H20O2/c1-14(15,10-16-2)9-11-6-7-12-4-3-5-13(12)8-11/h6-8,15H,3-5,9-10H2,1-2H3. The molecule has 88 valence electrons. The molecule has 0 radical (unpaired) electrons. The molecule has 2 rings (SSSR count). The van der Waals surface area contributed by atoms with E-state index < -0.39 is 5.60 Å². The molecule has 0 aliphatic heterocycles. The maximum absolute atomic E-state index is 10.1. The number of fused-ring (bicyclic) bond motifs is 1. The van der Waals surface area contributed by atoms with Gasteiger partial charge in [0.2, 0.25) is 0 Å². The van der Waals surface area contributed by atoms with Crippen molar-refractivity contribution in [3.63, 3.8) is 0 Å². The van der Waals surface area contributed by atoms with E-state index in [4.69, 9.17) is 4.74 Å². The molecule has 1 aliphatic rings. The summed E-state index contributed by atoms with van der Waals surface area (Å²) < 4.78 is 5.02. The van der Waals surface area contributed by atoms with E-state index in [9.17, 15) is 5.11 Å². The van der Waals surface area contributed by atoms with E-state index in [1.54, 1.807) is 7.11 Å². The Morgan fingerprint density at radius 2 is 2.06 bits per heavy atom. The molecule has 0 aromatic heterocycles. The summed E-state index contributed by atoms with van der Waals surface area (Å²) in [4.78, 5) is 0. The molecule has 0 saturated carbocycles. The summed E-state index contributed by atoms with van der Waals surface area (Å²) in [6.07, 6.45) is 4.33. The van der Waals surface area contributed by atoms with Crippen molar-refractivity contribution in [2.75, 3.05) is 13.7 Å². The number of ether oxygens (including phenoxy) is 1. The number of aliphatic hydroxyl groups is 1. The van der Waals surface area contributed by atoms with Gasteiger partial charge in [-0.1, -0.05) is 18.2 Å². The fraction of sp³-hybridized carbons (Fsp3) is 0.571. The van der Waals surface area contributed by atoms with Crippen LogP contribution in [0.3, 0.4) is 0 Å². The molecule has 0 amide bonds. The number of hydrogen-bond acceptors (Lipinski definition) is 2. The van der Waals surface area contributed by atoms with Crippen LogP contribution < -0.4 is 0 Å². The molecule has 0 spiro atoms. The van der Waals surface area contributed by atoms with Gasteiger partial charge in [0.25, 0.3) is 0 Å². The first-order valence-corrected chi connectivity index (χ1v) is 5.93. The van der Waals surface area contributed by atoms with Crippen molar-refractivity contribution in [2.24, 2.45) is 0 Å². The smallest absolute Gasteiger partial charge is 0.0892 e. The van der Waals surface area contributed by atoms with Crippen molar-refractivity contribution in [2.45, 2.75) is 38.2 Å². The lowest BCUT2D eigenvalue weighted by atomic mass is 9.95. The van der Waals surface area contributed by atoms with E-state index in [0.29, 0.717) is 13.0 Å². The summed E-state index contributed by atoms with van der Waals surface area (Å²) in [5, 5.41) is 10.1. The van der Waals surface area contributed by atoms with Crippen LogP contribution in [0.5, 0.6) is 0 Å². The Hall–Kier alpha value is -0.860. The lowest BCUT2D eigenvalue weighted by Crippen LogP contribution is -2.32. The van der Waals surface area contributed by atoms with Gasteiger partial charge in [0.05, 0.1) is 12.2 Å². The quantitative estimate of drug-likeness (QED) is 0.842. The van der Waals surface area contributed by atoms with Crippen LogP contribution in [0.4, 0.5) is 0 Å². The summed E-state index contributed by atoms with van der Waals surface area (Å²) >= 11 is 0. The Morgan fingerprint density at radius 3 is 2.81 bits per heavy atom. The molecule has 16 heavy (non-hydrogen) atoms. The number of aryl methyl sites for hydroxylation is 2. The van der Waals surface area contributed by atoms with Gasteiger partial charge in [-0.15, -0.1) is 0 Å². The van der Waals surface area contributed by atoms with E-state index in [1.165, 1.54) is 36.0 Å². The number of rotatable bonds is 4. The Bertz CT molecular complexity index is 369. The summed E-state index contributed by atoms with van der Waals surface area (Å²) in [6.45, 7) is 2.20. The van der Waals surface area contributed by atoms with Crippen LogP contribution in [-0.2, 0) is 24.0 Å². The van der Waals surface area contributed by atoms with Crippen molar-refractivity contribution in [1.29, 1.82) is 0 Å². The zero-order valence-corrected chi connectivity index (χ0v) is 10.1. The third-order valence-corrected chi connectivity index (χ3v) is 3.20. The highest BCUT2D eigenvalue weighted by atomic mass is 16.5. The molecule has 0 saturated heterocycles. The van der Waals surface area contributed by atoms with E-state index in [-0.39, 0.29) is 0 Å². The van der Waals surface area contributed by atoms with Crippen molar-refractivity contribution < 1.29 is 9.84 Å². The molecule has 0 fully saturated rings. The van der Waals surface area contributed by atoms with Gasteiger partial charge in [-0.2, -0.15) is 0 Å². The average molecular weight is 220 g/mol. The predicted octanol–water partition coefficient (Wildman–Crippen LogP) is 2.12. The summed E-state index contributed by atoms with van der Waals surface area (Å²) in [5.74, 6) is 0. The molecule has 1 aliphatic carbocycles. The van der Waals surface area contributed by atoms with Gasteiger partial charge in [-0.25, -0.2) is 0 Å². The first-order valence-electron chi connectivity index (χ1n) is 5.93. The number of hydrogen-bond donors (Lipinski definition) is 1. The fourth-order valence-electron chi connectivity index (χ4n) is 2.54. The molecule has 2 nitrogen and oxygen atoms in total. The first-order chi connectivity index (χ1) is 7.61. The highest BCUT2D eigenvalue weighted by Crippen LogP contribution is 2.24. The van der Waals surface area contributed by atoms with Crippen LogP contribution in [0.15, 0.2) is 18.2 Å². The lowest BCUT2D eigenvalue weighted by molar-refractivity contribution is -0.0161. The molecule has 1 aromatic carbocycles. The Kier molecular flexibility index (Phi) is 3.31. The molecule has 2 heteroatoms. The molecule has 1 atom stereocenters. The van der Waals surface area contributed by atoms with Gasteiger partial charge in [0.1, 0.15) is 0 Å². The second-order valence-corrected chi connectivity index (χ2v) is 5.06. The molecular weight excluding hydrogens is 200 g/mol. The van der Waals surface area contributed by atoms with Crippen molar-refractivity contribution in [1.82, 2.24) is 0 Å². The minimum Gasteiger partial charge on any atom is -0.387 e. The zero-order chi connectivity index (χ0) is 11.6. The summed E-state index contributed by atoms with van der Waals surface area (Å²) in [6, 6.07) is 6.58. The van der Waals surface area contributed by atoms with Crippen molar-refractivity contribution >= 4 is 0 Å². The lowest BCUT2D eigenvalue weighted by Gasteiger charge is -2.22. The topological polar surface area (TPSA) is 29.5 Å². The van der Waals surface area contributed by atoms with Crippen LogP contribution in [0, 0.1) is 0 Å². The molecular formula is C14H20O2. The van der Waals surface area contributed by atoms with Crippen LogP contribution >= 0.6 is 0 Å². The van der Waals surface area contributed by atoms with Crippen molar-refractivity contribution in [3.05, 3.63) is 34.9 Å². The second-order valence-electron chi connectivity index (χ2n) is 5.06. The monoisotopic (exact) mass is 220 g/mol. The van der Waals surface area contributed by atoms with Crippen LogP contribution in [0.25, 0.3) is 0 Å². The number of methoxy groups -OCH3 is 1. The molecule has 0 bridgehead atoms. The minimum absolute atomic E-state index is 0.379. The van der Waals surface area contributed by atoms with Crippen LogP contribution in [0.2, 0.25) is 0 Å². The van der Waals surface area contributed by atoms with Gasteiger partial charge in [0, 0.05) is 13.5 Å². The van der Waals surface area contributed by atoms with E-state index in [2.05, 4.69) is 18.2 Å². The maximum Gasteiger partial charge on any atom is 0.0892 e. The minimum atomic E-state index is -0.762. The molecule has 1 unspecified atom stereocenters. The van der Waals surface area contributed by atoms with Gasteiger partial charge in [-0.3, -0.25) is 0 Å². The third kappa shape index (κ3) is 2.63. The predicted molar refractivity (Wildman–Crippen MR) is 64.7 cm³/mol. The first kappa shape index (κ1) is 11.6. The fourth-order valence-corrected chi connectivity index (χ4v) is 2.54. The second kappa shape index (κ2) is 4.56. The van der Waals surface area contributed by atoms with Crippen LogP contribution in [0.1, 0.15) is 30.0 Å². The van der Waals surface area contributed by atoms with Gasteiger partial charge >= 0.3 is 0 Å². The Balaban J connectivity index is 2.10. The highest BCUT2D eigenvalue weighted by Gasteiger charge is 2.21.